The van der Waals surface area contributed by atoms with Crippen LogP contribution in [0.25, 0.3) is 0 Å². The van der Waals surface area contributed by atoms with Gasteiger partial charge < -0.3 is 14.8 Å². The molecule has 1 atom stereocenters. The van der Waals surface area contributed by atoms with E-state index in [1.54, 1.807) is 36.4 Å². The number of hydrogen-bond donors (Lipinski definition) is 2. The van der Waals surface area contributed by atoms with Crippen molar-refractivity contribution in [2.24, 2.45) is 0 Å². The van der Waals surface area contributed by atoms with Gasteiger partial charge in [-0.05, 0) is 35.9 Å². The summed E-state index contributed by atoms with van der Waals surface area (Å²) in [4.78, 5) is 35.5. The van der Waals surface area contributed by atoms with Gasteiger partial charge in [0.2, 0.25) is 0 Å². The molecule has 1 heterocycles. The van der Waals surface area contributed by atoms with Crippen molar-refractivity contribution in [3.05, 3.63) is 59.7 Å². The molecule has 0 spiro atoms. The van der Waals surface area contributed by atoms with Gasteiger partial charge >= 0.3 is 12.1 Å². The molecule has 1 aliphatic heterocycles. The topological polar surface area (TPSA) is 93.7 Å². The average molecular weight is 340 g/mol. The second kappa shape index (κ2) is 7.04. The van der Waals surface area contributed by atoms with E-state index in [1.165, 1.54) is 7.11 Å². The van der Waals surface area contributed by atoms with Crippen molar-refractivity contribution < 1.29 is 23.9 Å². The summed E-state index contributed by atoms with van der Waals surface area (Å²) in [5.74, 6) is -0.906. The van der Waals surface area contributed by atoms with Crippen molar-refractivity contribution in [1.82, 2.24) is 0 Å². The third-order valence-electron chi connectivity index (χ3n) is 3.77. The van der Waals surface area contributed by atoms with Gasteiger partial charge in [0, 0.05) is 17.8 Å². The molecule has 0 fully saturated rings. The molecule has 1 unspecified atom stereocenters. The molecule has 2 amide bonds. The molecule has 0 aliphatic carbocycles. The van der Waals surface area contributed by atoms with E-state index in [1.807, 2.05) is 12.1 Å². The molecule has 7 heteroatoms. The Morgan fingerprint density at radius 2 is 1.68 bits per heavy atom. The largest absolute Gasteiger partial charge is 0.453 e. The smallest absolute Gasteiger partial charge is 0.411 e. The fourth-order valence-electron chi connectivity index (χ4n) is 2.51. The van der Waals surface area contributed by atoms with Crippen molar-refractivity contribution in [2.45, 2.75) is 12.5 Å². The zero-order valence-corrected chi connectivity index (χ0v) is 13.4. The van der Waals surface area contributed by atoms with Crippen LogP contribution in [0.1, 0.15) is 15.9 Å². The minimum absolute atomic E-state index is 0.329. The van der Waals surface area contributed by atoms with Crippen LogP contribution in [0.4, 0.5) is 16.2 Å². The van der Waals surface area contributed by atoms with E-state index >= 15 is 0 Å². The van der Waals surface area contributed by atoms with Crippen molar-refractivity contribution in [2.75, 3.05) is 17.7 Å². The normalized spacial score (nSPS) is 15.6. The van der Waals surface area contributed by atoms with Crippen LogP contribution in [0, 0.1) is 0 Å². The summed E-state index contributed by atoms with van der Waals surface area (Å²) >= 11 is 0. The third-order valence-corrected chi connectivity index (χ3v) is 3.77. The van der Waals surface area contributed by atoms with Crippen LogP contribution in [-0.2, 0) is 20.7 Å². The standard InChI is InChI=1S/C18H16N2O5/c1-24-18(23)20-13-8-6-12(7-9-13)19-16(21)15-10-11-4-2-3-5-14(11)17(22)25-15/h2-9,15H,10H2,1H3,(H,19,21)(H,20,23). The number of rotatable bonds is 3. The van der Waals surface area contributed by atoms with Crippen LogP contribution in [0.5, 0.6) is 0 Å². The zero-order valence-electron chi connectivity index (χ0n) is 13.4. The Morgan fingerprint density at radius 1 is 1.04 bits per heavy atom. The minimum atomic E-state index is -0.879. The Balaban J connectivity index is 1.65. The maximum absolute atomic E-state index is 12.4. The monoisotopic (exact) mass is 340 g/mol. The van der Waals surface area contributed by atoms with Gasteiger partial charge in [-0.3, -0.25) is 10.1 Å². The van der Waals surface area contributed by atoms with E-state index in [9.17, 15) is 14.4 Å². The Hall–Kier alpha value is -3.35. The second-order valence-electron chi connectivity index (χ2n) is 5.44. The molecule has 0 saturated heterocycles. The Bertz CT molecular complexity index is 816. The maximum Gasteiger partial charge on any atom is 0.411 e. The number of hydrogen-bond acceptors (Lipinski definition) is 5. The number of methoxy groups -OCH3 is 1. The lowest BCUT2D eigenvalue weighted by Gasteiger charge is -2.23. The number of cyclic esters (lactones) is 1. The van der Waals surface area contributed by atoms with Crippen molar-refractivity contribution in [1.29, 1.82) is 0 Å². The van der Waals surface area contributed by atoms with Crippen LogP contribution >= 0.6 is 0 Å². The summed E-state index contributed by atoms with van der Waals surface area (Å²) in [5.41, 5.74) is 2.33. The molecule has 0 aromatic heterocycles. The highest BCUT2D eigenvalue weighted by atomic mass is 16.5. The number of carbonyl (C=O) groups excluding carboxylic acids is 3. The van der Waals surface area contributed by atoms with Gasteiger partial charge in [0.1, 0.15) is 0 Å². The molecule has 3 rings (SSSR count). The van der Waals surface area contributed by atoms with Gasteiger partial charge in [0.25, 0.3) is 5.91 Å². The molecule has 0 bridgehead atoms. The number of amides is 2. The first-order valence-corrected chi connectivity index (χ1v) is 7.61. The predicted molar refractivity (Wildman–Crippen MR) is 90.4 cm³/mol. The molecule has 0 saturated carbocycles. The average Bonchev–Trinajstić information content (AvgIpc) is 2.63. The number of esters is 1. The van der Waals surface area contributed by atoms with Crippen LogP contribution in [0.15, 0.2) is 48.5 Å². The van der Waals surface area contributed by atoms with Crippen LogP contribution in [0.2, 0.25) is 0 Å². The second-order valence-corrected chi connectivity index (χ2v) is 5.44. The molecular formula is C18H16N2O5. The van der Waals surface area contributed by atoms with E-state index in [0.717, 1.165) is 5.56 Å². The fraction of sp³-hybridized carbons (Fsp3) is 0.167. The van der Waals surface area contributed by atoms with Gasteiger partial charge in [-0.15, -0.1) is 0 Å². The lowest BCUT2D eigenvalue weighted by Crippen LogP contribution is -2.37. The number of ether oxygens (including phenoxy) is 2. The van der Waals surface area contributed by atoms with Crippen molar-refractivity contribution in [3.8, 4) is 0 Å². The molecule has 25 heavy (non-hydrogen) atoms. The highest BCUT2D eigenvalue weighted by Crippen LogP contribution is 2.22. The Kier molecular flexibility index (Phi) is 4.65. The van der Waals surface area contributed by atoms with E-state index in [0.29, 0.717) is 23.4 Å². The van der Waals surface area contributed by atoms with Crippen LogP contribution in [0.3, 0.4) is 0 Å². The number of benzene rings is 2. The van der Waals surface area contributed by atoms with Gasteiger partial charge in [-0.1, -0.05) is 18.2 Å². The first kappa shape index (κ1) is 16.5. The zero-order chi connectivity index (χ0) is 17.8. The first-order valence-electron chi connectivity index (χ1n) is 7.61. The van der Waals surface area contributed by atoms with E-state index in [-0.39, 0.29) is 0 Å². The number of carbonyl (C=O) groups is 3. The number of anilines is 2. The number of fused-ring (bicyclic) bond motifs is 1. The summed E-state index contributed by atoms with van der Waals surface area (Å²) in [6, 6.07) is 13.6. The number of nitrogens with one attached hydrogen (secondary N) is 2. The van der Waals surface area contributed by atoms with Gasteiger partial charge in [-0.2, -0.15) is 0 Å². The SMILES string of the molecule is COC(=O)Nc1ccc(NC(=O)C2Cc3ccccc3C(=O)O2)cc1. The first-order chi connectivity index (χ1) is 12.1. The molecule has 7 nitrogen and oxygen atoms in total. The molecule has 2 N–H and O–H groups in total. The summed E-state index contributed by atoms with van der Waals surface area (Å²) in [5, 5.41) is 5.21. The highest BCUT2D eigenvalue weighted by molar-refractivity contribution is 6.00. The lowest BCUT2D eigenvalue weighted by molar-refractivity contribution is -0.125. The Morgan fingerprint density at radius 3 is 2.36 bits per heavy atom. The summed E-state index contributed by atoms with van der Waals surface area (Å²) in [7, 11) is 1.27. The van der Waals surface area contributed by atoms with E-state index in [2.05, 4.69) is 15.4 Å². The molecule has 2 aromatic carbocycles. The summed E-state index contributed by atoms with van der Waals surface area (Å²) in [6.45, 7) is 0. The third kappa shape index (κ3) is 3.77. The minimum Gasteiger partial charge on any atom is -0.453 e. The Labute approximate surface area is 143 Å². The molecule has 0 radical (unpaired) electrons. The van der Waals surface area contributed by atoms with Crippen LogP contribution < -0.4 is 10.6 Å². The van der Waals surface area contributed by atoms with Crippen molar-refractivity contribution >= 4 is 29.3 Å². The molecule has 128 valence electrons. The lowest BCUT2D eigenvalue weighted by atomic mass is 9.98. The van der Waals surface area contributed by atoms with Gasteiger partial charge in [0.15, 0.2) is 6.10 Å². The summed E-state index contributed by atoms with van der Waals surface area (Å²) in [6.07, 6.45) is -1.13. The quantitative estimate of drug-likeness (QED) is 0.838. The predicted octanol–water partition coefficient (Wildman–Crippen LogP) is 2.59. The molecule has 1 aliphatic rings. The van der Waals surface area contributed by atoms with Crippen LogP contribution in [-0.4, -0.2) is 31.2 Å². The highest BCUT2D eigenvalue weighted by Gasteiger charge is 2.31. The maximum atomic E-state index is 12.4. The summed E-state index contributed by atoms with van der Waals surface area (Å²) < 4.78 is 9.71. The van der Waals surface area contributed by atoms with E-state index in [4.69, 9.17) is 4.74 Å². The molecular weight excluding hydrogens is 324 g/mol. The van der Waals surface area contributed by atoms with Crippen molar-refractivity contribution in [3.63, 3.8) is 0 Å². The van der Waals surface area contributed by atoms with Gasteiger partial charge in [-0.25, -0.2) is 9.59 Å². The van der Waals surface area contributed by atoms with E-state index < -0.39 is 24.1 Å². The van der Waals surface area contributed by atoms with Gasteiger partial charge in [0.05, 0.1) is 12.7 Å². The fourth-order valence-corrected chi connectivity index (χ4v) is 2.51. The molecule has 2 aromatic rings.